The van der Waals surface area contributed by atoms with Gasteiger partial charge >= 0.3 is 0 Å². The molecule has 1 aliphatic rings. The van der Waals surface area contributed by atoms with E-state index in [9.17, 15) is 0 Å². The van der Waals surface area contributed by atoms with Gasteiger partial charge in [-0.1, -0.05) is 200 Å². The lowest BCUT2D eigenvalue weighted by atomic mass is 9.67. The third-order valence-corrected chi connectivity index (χ3v) is 12.6. The molecule has 298 valence electrons. The fraction of sp³-hybridized carbons (Fsp3) is 0.0667. The molecule has 1 atom stereocenters. The van der Waals surface area contributed by atoms with Crippen LogP contribution in [0.3, 0.4) is 0 Å². The first-order valence-electron chi connectivity index (χ1n) is 21.4. The molecule has 0 fully saturated rings. The quantitative estimate of drug-likeness (QED) is 0.110. The number of nitrogens with two attached hydrogens (primary N) is 1. The summed E-state index contributed by atoms with van der Waals surface area (Å²) in [6.45, 7) is 4.24. The zero-order valence-electron chi connectivity index (χ0n) is 35.0. The summed E-state index contributed by atoms with van der Waals surface area (Å²) in [6.07, 6.45) is 1.41. The predicted octanol–water partition coefficient (Wildman–Crippen LogP) is 15.1. The van der Waals surface area contributed by atoms with Crippen molar-refractivity contribution in [3.63, 3.8) is 0 Å². The van der Waals surface area contributed by atoms with E-state index in [1.54, 1.807) is 0 Å². The van der Waals surface area contributed by atoms with Gasteiger partial charge in [0.25, 0.3) is 0 Å². The van der Waals surface area contributed by atoms with Gasteiger partial charge in [-0.3, -0.25) is 5.73 Å². The van der Waals surface area contributed by atoms with Crippen LogP contribution in [0, 0.1) is 6.92 Å². The summed E-state index contributed by atoms with van der Waals surface area (Å²) in [4.78, 5) is 0. The molecule has 9 aromatic carbocycles. The number of hydrogen-bond acceptors (Lipinski definition) is 2. The van der Waals surface area contributed by atoms with E-state index in [0.29, 0.717) is 0 Å². The highest BCUT2D eigenvalue weighted by Crippen LogP contribution is 2.56. The number of allylic oxidation sites excluding steroid dienone is 1. The molecule has 10 rings (SSSR count). The first-order valence-corrected chi connectivity index (χ1v) is 21.4. The van der Waals surface area contributed by atoms with Crippen molar-refractivity contribution in [1.29, 1.82) is 0 Å². The van der Waals surface area contributed by atoms with Gasteiger partial charge in [0.2, 0.25) is 0 Å². The molecular formula is C60H47NO. The van der Waals surface area contributed by atoms with Crippen LogP contribution in [-0.4, -0.2) is 0 Å². The SMILES string of the molecule is C/C=C(/OC(N)c1ccccc1)c1cccc(-c2cc(-c3ccccc3)c(C)c(-c3ccc(-c4ccc5c(c4)C(c4ccccc4)(c4ccccc4)c4ccccc4-5)cc3)c2)c1. The summed E-state index contributed by atoms with van der Waals surface area (Å²) in [6, 6.07) is 81.0. The van der Waals surface area contributed by atoms with E-state index in [0.717, 1.165) is 28.0 Å². The van der Waals surface area contributed by atoms with Gasteiger partial charge in [0.1, 0.15) is 5.76 Å². The second kappa shape index (κ2) is 16.5. The van der Waals surface area contributed by atoms with E-state index in [2.05, 4.69) is 201 Å². The summed E-state index contributed by atoms with van der Waals surface area (Å²) in [7, 11) is 0. The average Bonchev–Trinajstić information content (AvgIpc) is 3.65. The Morgan fingerprint density at radius 3 is 1.58 bits per heavy atom. The summed E-state index contributed by atoms with van der Waals surface area (Å²) in [5, 5.41) is 0. The number of ether oxygens (including phenoxy) is 1. The normalized spacial score (nSPS) is 13.2. The molecule has 2 N–H and O–H groups in total. The summed E-state index contributed by atoms with van der Waals surface area (Å²) < 4.78 is 6.35. The number of benzene rings is 9. The highest BCUT2D eigenvalue weighted by atomic mass is 16.5. The van der Waals surface area contributed by atoms with Crippen LogP contribution < -0.4 is 5.73 Å². The minimum absolute atomic E-state index is 0.444. The third kappa shape index (κ3) is 6.85. The Balaban J connectivity index is 1.05. The van der Waals surface area contributed by atoms with Crippen molar-refractivity contribution in [2.45, 2.75) is 25.5 Å². The van der Waals surface area contributed by atoms with Crippen LogP contribution in [0.1, 0.15) is 52.1 Å². The molecule has 0 spiro atoms. The summed E-state index contributed by atoms with van der Waals surface area (Å²) in [5.41, 5.74) is 26.3. The van der Waals surface area contributed by atoms with Gasteiger partial charge in [0, 0.05) is 11.1 Å². The van der Waals surface area contributed by atoms with Crippen molar-refractivity contribution < 1.29 is 4.74 Å². The van der Waals surface area contributed by atoms with Crippen LogP contribution >= 0.6 is 0 Å². The van der Waals surface area contributed by atoms with Crippen LogP contribution in [0.4, 0.5) is 0 Å². The molecule has 0 aromatic heterocycles. The van der Waals surface area contributed by atoms with Gasteiger partial charge in [-0.05, 0) is 128 Å². The molecular weight excluding hydrogens is 751 g/mol. The van der Waals surface area contributed by atoms with Crippen LogP contribution in [0.15, 0.2) is 231 Å². The van der Waals surface area contributed by atoms with Crippen molar-refractivity contribution >= 4 is 5.76 Å². The number of rotatable bonds is 10. The van der Waals surface area contributed by atoms with Crippen molar-refractivity contribution in [3.8, 4) is 55.6 Å². The molecule has 0 aliphatic heterocycles. The monoisotopic (exact) mass is 797 g/mol. The van der Waals surface area contributed by atoms with Gasteiger partial charge in [0.05, 0.1) is 5.41 Å². The Morgan fingerprint density at radius 2 is 0.935 bits per heavy atom. The maximum absolute atomic E-state index is 6.53. The average molecular weight is 798 g/mol. The van der Waals surface area contributed by atoms with E-state index in [1.807, 2.05) is 43.3 Å². The zero-order valence-corrected chi connectivity index (χ0v) is 35.0. The summed E-state index contributed by atoms with van der Waals surface area (Å²) >= 11 is 0. The molecule has 0 saturated heterocycles. The molecule has 0 heterocycles. The molecule has 1 aliphatic carbocycles. The van der Waals surface area contributed by atoms with Crippen molar-refractivity contribution in [2.24, 2.45) is 5.73 Å². The lowest BCUT2D eigenvalue weighted by Gasteiger charge is -2.34. The minimum Gasteiger partial charge on any atom is -0.471 e. The fourth-order valence-corrected chi connectivity index (χ4v) is 9.57. The van der Waals surface area contributed by atoms with E-state index in [4.69, 9.17) is 10.5 Å². The molecule has 0 amide bonds. The molecule has 0 radical (unpaired) electrons. The minimum atomic E-state index is -0.576. The third-order valence-electron chi connectivity index (χ3n) is 12.6. The van der Waals surface area contributed by atoms with E-state index >= 15 is 0 Å². The second-order valence-corrected chi connectivity index (χ2v) is 16.1. The van der Waals surface area contributed by atoms with E-state index in [-0.39, 0.29) is 0 Å². The maximum atomic E-state index is 6.53. The Bertz CT molecular complexity index is 3000. The van der Waals surface area contributed by atoms with Gasteiger partial charge in [0.15, 0.2) is 6.23 Å². The number of fused-ring (bicyclic) bond motifs is 3. The van der Waals surface area contributed by atoms with Gasteiger partial charge < -0.3 is 4.74 Å². The highest BCUT2D eigenvalue weighted by Gasteiger charge is 2.46. The van der Waals surface area contributed by atoms with Crippen molar-refractivity contribution in [1.82, 2.24) is 0 Å². The lowest BCUT2D eigenvalue weighted by molar-refractivity contribution is 0.176. The van der Waals surface area contributed by atoms with E-state index in [1.165, 1.54) is 72.3 Å². The zero-order chi connectivity index (χ0) is 42.0. The summed E-state index contributed by atoms with van der Waals surface area (Å²) in [5.74, 6) is 0.745. The van der Waals surface area contributed by atoms with Crippen molar-refractivity contribution in [2.75, 3.05) is 0 Å². The number of hydrogen-bond donors (Lipinski definition) is 1. The van der Waals surface area contributed by atoms with Crippen LogP contribution in [0.2, 0.25) is 0 Å². The predicted molar refractivity (Wildman–Crippen MR) is 258 cm³/mol. The topological polar surface area (TPSA) is 35.2 Å². The molecule has 0 saturated carbocycles. The first-order chi connectivity index (χ1) is 30.5. The lowest BCUT2D eigenvalue weighted by Crippen LogP contribution is -2.28. The van der Waals surface area contributed by atoms with Crippen LogP contribution in [-0.2, 0) is 10.2 Å². The van der Waals surface area contributed by atoms with E-state index < -0.39 is 11.6 Å². The molecule has 1 unspecified atom stereocenters. The second-order valence-electron chi connectivity index (χ2n) is 16.1. The van der Waals surface area contributed by atoms with Gasteiger partial charge in [-0.2, -0.15) is 0 Å². The van der Waals surface area contributed by atoms with Crippen LogP contribution in [0.5, 0.6) is 0 Å². The highest BCUT2D eigenvalue weighted by molar-refractivity contribution is 5.89. The fourth-order valence-electron chi connectivity index (χ4n) is 9.57. The largest absolute Gasteiger partial charge is 0.471 e. The van der Waals surface area contributed by atoms with Crippen molar-refractivity contribution in [3.05, 3.63) is 269 Å². The Kier molecular flexibility index (Phi) is 10.3. The molecule has 2 heteroatoms. The van der Waals surface area contributed by atoms with Gasteiger partial charge in [-0.25, -0.2) is 0 Å². The molecule has 9 aromatic rings. The molecule has 0 bridgehead atoms. The Hall–Kier alpha value is -7.52. The Morgan fingerprint density at radius 1 is 0.435 bits per heavy atom. The molecule has 2 nitrogen and oxygen atoms in total. The van der Waals surface area contributed by atoms with Crippen LogP contribution in [0.25, 0.3) is 61.4 Å². The molecule has 62 heavy (non-hydrogen) atoms. The Labute approximate surface area is 365 Å². The maximum Gasteiger partial charge on any atom is 0.174 e. The van der Waals surface area contributed by atoms with Gasteiger partial charge in [-0.15, -0.1) is 0 Å². The standard InChI is InChI=1S/C60H47NO/c1-3-58(62-59(61)45-21-10-5-11-22-45)48-24-18-23-46(37-48)49-38-54(43-19-8-4-9-20-43)41(2)55(39-49)44-33-31-42(32-34-44)47-35-36-53-52-29-16-17-30-56(52)60(57(53)40-47,50-25-12-6-13-26-50)51-27-14-7-15-28-51/h3-40,59H,61H2,1-2H3/b58-3+. The smallest absolute Gasteiger partial charge is 0.174 e. The first kappa shape index (κ1) is 38.7.